The zero-order valence-corrected chi connectivity index (χ0v) is 17.0. The molecular weight excluding hydrogens is 428 g/mol. The summed E-state index contributed by atoms with van der Waals surface area (Å²) in [5, 5.41) is 15.3. The van der Waals surface area contributed by atoms with E-state index in [1.807, 2.05) is 5.32 Å². The van der Waals surface area contributed by atoms with Gasteiger partial charge in [0.1, 0.15) is 18.6 Å². The molecule has 0 saturated heterocycles. The van der Waals surface area contributed by atoms with Gasteiger partial charge in [-0.1, -0.05) is 0 Å². The first-order valence-electron chi connectivity index (χ1n) is 9.39. The van der Waals surface area contributed by atoms with Crippen molar-refractivity contribution >= 4 is 35.5 Å². The van der Waals surface area contributed by atoms with E-state index in [2.05, 4.69) is 20.6 Å². The zero-order chi connectivity index (χ0) is 24.3. The molecule has 0 fully saturated rings. The second-order valence-corrected chi connectivity index (χ2v) is 6.80. The molecule has 1 rings (SSSR count). The minimum Gasteiger partial charge on any atom is -0.480 e. The van der Waals surface area contributed by atoms with Crippen molar-refractivity contribution in [2.75, 3.05) is 6.54 Å². The van der Waals surface area contributed by atoms with E-state index < -0.39 is 66.6 Å². The molecular formula is C17H26N8O7. The van der Waals surface area contributed by atoms with Crippen LogP contribution in [-0.2, 0) is 35.2 Å². The quantitative estimate of drug-likeness (QED) is 0.135. The first-order valence-corrected chi connectivity index (χ1v) is 9.39. The second-order valence-electron chi connectivity index (χ2n) is 6.80. The molecule has 0 aromatic carbocycles. The third-order valence-corrected chi connectivity index (χ3v) is 4.10. The number of nitrogens with one attached hydrogen (secondary N) is 4. The average molecular weight is 454 g/mol. The monoisotopic (exact) mass is 454 g/mol. The molecule has 0 bridgehead atoms. The van der Waals surface area contributed by atoms with Crippen molar-refractivity contribution < 1.29 is 33.9 Å². The Balaban J connectivity index is 2.88. The van der Waals surface area contributed by atoms with E-state index in [1.54, 1.807) is 0 Å². The fourth-order valence-electron chi connectivity index (χ4n) is 2.53. The molecule has 176 valence electrons. The van der Waals surface area contributed by atoms with Crippen LogP contribution in [0.25, 0.3) is 0 Å². The van der Waals surface area contributed by atoms with Gasteiger partial charge in [0.2, 0.25) is 29.5 Å². The Morgan fingerprint density at radius 3 is 2.19 bits per heavy atom. The summed E-state index contributed by atoms with van der Waals surface area (Å²) in [5.74, 6) is -5.67. The number of nitrogens with two attached hydrogens (primary N) is 3. The second kappa shape index (κ2) is 12.6. The van der Waals surface area contributed by atoms with Gasteiger partial charge in [-0.2, -0.15) is 0 Å². The molecule has 0 aliphatic heterocycles. The minimum atomic E-state index is -1.51. The molecule has 11 N–H and O–H groups in total. The van der Waals surface area contributed by atoms with Gasteiger partial charge in [0.25, 0.3) is 0 Å². The molecule has 32 heavy (non-hydrogen) atoms. The Morgan fingerprint density at radius 2 is 1.66 bits per heavy atom. The summed E-state index contributed by atoms with van der Waals surface area (Å²) in [7, 11) is 0. The van der Waals surface area contributed by atoms with Crippen molar-refractivity contribution in [1.29, 1.82) is 0 Å². The highest BCUT2D eigenvalue weighted by atomic mass is 16.4. The van der Waals surface area contributed by atoms with Gasteiger partial charge in [0.05, 0.1) is 18.8 Å². The Kier molecular flexibility index (Phi) is 10.3. The maximum atomic E-state index is 12.7. The molecule has 15 nitrogen and oxygen atoms in total. The van der Waals surface area contributed by atoms with Gasteiger partial charge in [0.15, 0.2) is 0 Å². The molecule has 0 aliphatic carbocycles. The maximum absolute atomic E-state index is 12.7. The van der Waals surface area contributed by atoms with Crippen LogP contribution in [0.4, 0.5) is 0 Å². The molecule has 0 radical (unpaired) electrons. The zero-order valence-electron chi connectivity index (χ0n) is 17.0. The van der Waals surface area contributed by atoms with E-state index in [-0.39, 0.29) is 19.3 Å². The van der Waals surface area contributed by atoms with Crippen LogP contribution >= 0.6 is 0 Å². The lowest BCUT2D eigenvalue weighted by molar-refractivity contribution is -0.138. The highest BCUT2D eigenvalue weighted by molar-refractivity contribution is 5.95. The van der Waals surface area contributed by atoms with Crippen LogP contribution in [0.1, 0.15) is 25.0 Å². The summed E-state index contributed by atoms with van der Waals surface area (Å²) in [6.45, 7) is -0.756. The summed E-state index contributed by atoms with van der Waals surface area (Å²) >= 11 is 0. The molecule has 1 aromatic rings. The van der Waals surface area contributed by atoms with E-state index in [4.69, 9.17) is 22.3 Å². The maximum Gasteiger partial charge on any atom is 0.322 e. The van der Waals surface area contributed by atoms with Gasteiger partial charge in [-0.15, -0.1) is 0 Å². The van der Waals surface area contributed by atoms with Crippen molar-refractivity contribution in [3.63, 3.8) is 0 Å². The van der Waals surface area contributed by atoms with E-state index in [0.29, 0.717) is 5.69 Å². The average Bonchev–Trinajstić information content (AvgIpc) is 3.20. The molecule has 1 heterocycles. The highest BCUT2D eigenvalue weighted by Crippen LogP contribution is 2.03. The van der Waals surface area contributed by atoms with E-state index >= 15 is 0 Å². The lowest BCUT2D eigenvalue weighted by Gasteiger charge is -2.23. The number of rotatable bonds is 14. The smallest absolute Gasteiger partial charge is 0.322 e. The Bertz CT molecular complexity index is 842. The number of primary amides is 2. The first kappa shape index (κ1) is 26.0. The summed E-state index contributed by atoms with van der Waals surface area (Å²) < 4.78 is 0. The number of hydrogen-bond acceptors (Lipinski definition) is 8. The van der Waals surface area contributed by atoms with Gasteiger partial charge in [-0.25, -0.2) is 4.98 Å². The standard InChI is InChI=1S/C17H26N8O7/c18-9(3-8-5-21-7-23-8)15(30)24-10(1-2-12(19)26)17(32)25-11(4-13(20)27)16(31)22-6-14(28)29/h5,7,9-11H,1-4,6,18H2,(H2,19,26)(H2,20,27)(H,21,23)(H,22,31)(H,24,30)(H,25,32)(H,28,29). The molecule has 1 aromatic heterocycles. The number of carboxylic acids is 1. The van der Waals surface area contributed by atoms with Crippen LogP contribution in [0.15, 0.2) is 12.5 Å². The number of aliphatic carboxylic acids is 1. The normalized spacial score (nSPS) is 13.3. The molecule has 5 amide bonds. The SMILES string of the molecule is NC(=O)CCC(NC(=O)C(N)Cc1cnc[nH]1)C(=O)NC(CC(N)=O)C(=O)NCC(=O)O. The van der Waals surface area contributed by atoms with Gasteiger partial charge < -0.3 is 43.2 Å². The number of H-pyrrole nitrogens is 1. The fraction of sp³-hybridized carbons (Fsp3) is 0.471. The molecule has 0 saturated carbocycles. The Morgan fingerprint density at radius 1 is 1.00 bits per heavy atom. The third kappa shape index (κ3) is 9.66. The van der Waals surface area contributed by atoms with Gasteiger partial charge in [-0.3, -0.25) is 28.8 Å². The summed E-state index contributed by atoms with van der Waals surface area (Å²) in [6, 6.07) is -3.91. The van der Waals surface area contributed by atoms with E-state index in [1.165, 1.54) is 12.5 Å². The number of aromatic nitrogens is 2. The number of carbonyl (C=O) groups excluding carboxylic acids is 5. The molecule has 0 aliphatic rings. The van der Waals surface area contributed by atoms with Crippen molar-refractivity contribution in [3.05, 3.63) is 18.2 Å². The minimum absolute atomic E-state index is 0.0812. The largest absolute Gasteiger partial charge is 0.480 e. The summed E-state index contributed by atoms with van der Waals surface area (Å²) in [5.41, 5.74) is 16.6. The van der Waals surface area contributed by atoms with Crippen molar-refractivity contribution in [2.24, 2.45) is 17.2 Å². The fourth-order valence-corrected chi connectivity index (χ4v) is 2.53. The van der Waals surface area contributed by atoms with Crippen molar-refractivity contribution in [3.8, 4) is 0 Å². The van der Waals surface area contributed by atoms with Crippen LogP contribution in [0.5, 0.6) is 0 Å². The predicted molar refractivity (Wildman–Crippen MR) is 107 cm³/mol. The molecule has 15 heteroatoms. The van der Waals surface area contributed by atoms with Crippen molar-refractivity contribution in [2.45, 2.75) is 43.8 Å². The van der Waals surface area contributed by atoms with Crippen LogP contribution in [-0.4, -0.2) is 75.2 Å². The van der Waals surface area contributed by atoms with Gasteiger partial charge >= 0.3 is 5.97 Å². The Labute approximate surface area is 181 Å². The summed E-state index contributed by atoms with van der Waals surface area (Å²) in [4.78, 5) is 76.8. The number of carboxylic acid groups (broad SMARTS) is 1. The number of carbonyl (C=O) groups is 6. The molecule has 3 atom stereocenters. The first-order chi connectivity index (χ1) is 15.0. The summed E-state index contributed by atoms with van der Waals surface area (Å²) in [6.07, 6.45) is 1.82. The van der Waals surface area contributed by atoms with Crippen LogP contribution in [0, 0.1) is 0 Å². The number of amides is 5. The van der Waals surface area contributed by atoms with E-state index in [9.17, 15) is 28.8 Å². The van der Waals surface area contributed by atoms with Crippen LogP contribution in [0.3, 0.4) is 0 Å². The lowest BCUT2D eigenvalue weighted by Crippen LogP contribution is -2.57. The van der Waals surface area contributed by atoms with Gasteiger partial charge in [-0.05, 0) is 6.42 Å². The van der Waals surface area contributed by atoms with Crippen LogP contribution < -0.4 is 33.2 Å². The number of hydrogen-bond donors (Lipinski definition) is 8. The lowest BCUT2D eigenvalue weighted by atomic mass is 10.1. The molecule has 0 spiro atoms. The topological polar surface area (TPSA) is 265 Å². The molecule has 3 unspecified atom stereocenters. The third-order valence-electron chi connectivity index (χ3n) is 4.10. The van der Waals surface area contributed by atoms with E-state index in [0.717, 1.165) is 0 Å². The number of imidazole rings is 1. The predicted octanol–water partition coefficient (Wildman–Crippen LogP) is -4.41. The number of aromatic amines is 1. The number of nitrogens with zero attached hydrogens (tertiary/aromatic N) is 1. The Hall–Kier alpha value is -4.01. The highest BCUT2D eigenvalue weighted by Gasteiger charge is 2.29. The van der Waals surface area contributed by atoms with Crippen molar-refractivity contribution in [1.82, 2.24) is 25.9 Å². The van der Waals surface area contributed by atoms with Crippen LogP contribution in [0.2, 0.25) is 0 Å². The van der Waals surface area contributed by atoms with Gasteiger partial charge in [0, 0.05) is 24.7 Å².